The van der Waals surface area contributed by atoms with E-state index in [0.29, 0.717) is 11.3 Å². The zero-order valence-corrected chi connectivity index (χ0v) is 12.4. The Labute approximate surface area is 120 Å². The molecular weight excluding hydrogens is 254 g/mol. The molecule has 0 aliphatic carbocycles. The molecule has 1 aliphatic heterocycles. The summed E-state index contributed by atoms with van der Waals surface area (Å²) in [6.07, 6.45) is 0. The van der Waals surface area contributed by atoms with Gasteiger partial charge in [-0.1, -0.05) is 12.1 Å². The van der Waals surface area contributed by atoms with Crippen molar-refractivity contribution in [3.63, 3.8) is 0 Å². The van der Waals surface area contributed by atoms with Gasteiger partial charge < -0.3 is 9.64 Å². The third-order valence-electron chi connectivity index (χ3n) is 3.65. The minimum atomic E-state index is -0.255. The Hall–Kier alpha value is -1.43. The van der Waals surface area contributed by atoms with E-state index in [1.54, 1.807) is 7.11 Å². The SMILES string of the molecule is COc1ccccc1C(=O)C(C)NN1CCN(C)CC1. The van der Waals surface area contributed by atoms with E-state index in [1.165, 1.54) is 0 Å². The van der Waals surface area contributed by atoms with Crippen molar-refractivity contribution < 1.29 is 9.53 Å². The van der Waals surface area contributed by atoms with E-state index < -0.39 is 0 Å². The van der Waals surface area contributed by atoms with Crippen LogP contribution in [0.2, 0.25) is 0 Å². The van der Waals surface area contributed by atoms with Gasteiger partial charge in [0.05, 0.1) is 18.7 Å². The Balaban J connectivity index is 1.98. The first-order chi connectivity index (χ1) is 9.61. The highest BCUT2D eigenvalue weighted by Gasteiger charge is 2.22. The van der Waals surface area contributed by atoms with E-state index in [-0.39, 0.29) is 11.8 Å². The summed E-state index contributed by atoms with van der Waals surface area (Å²) in [6.45, 7) is 5.79. The van der Waals surface area contributed by atoms with E-state index in [0.717, 1.165) is 26.2 Å². The molecule has 1 N–H and O–H groups in total. The van der Waals surface area contributed by atoms with Gasteiger partial charge in [0.2, 0.25) is 0 Å². The van der Waals surface area contributed by atoms with Crippen molar-refractivity contribution in [2.24, 2.45) is 0 Å². The van der Waals surface area contributed by atoms with Crippen LogP contribution < -0.4 is 10.2 Å². The minimum absolute atomic E-state index is 0.0568. The van der Waals surface area contributed by atoms with Crippen molar-refractivity contribution in [1.29, 1.82) is 0 Å². The molecule has 2 rings (SSSR count). The van der Waals surface area contributed by atoms with Gasteiger partial charge in [0.25, 0.3) is 0 Å². The summed E-state index contributed by atoms with van der Waals surface area (Å²) >= 11 is 0. The van der Waals surface area contributed by atoms with Crippen LogP contribution in [0.5, 0.6) is 5.75 Å². The fraction of sp³-hybridized carbons (Fsp3) is 0.533. The second-order valence-corrected chi connectivity index (χ2v) is 5.21. The summed E-state index contributed by atoms with van der Waals surface area (Å²) in [5.74, 6) is 0.686. The van der Waals surface area contributed by atoms with Gasteiger partial charge >= 0.3 is 0 Å². The number of likely N-dealkylation sites (N-methyl/N-ethyl adjacent to an activating group) is 1. The number of hydrogen-bond acceptors (Lipinski definition) is 5. The molecule has 1 aromatic rings. The van der Waals surface area contributed by atoms with Gasteiger partial charge in [0.1, 0.15) is 5.75 Å². The van der Waals surface area contributed by atoms with E-state index in [9.17, 15) is 4.79 Å². The minimum Gasteiger partial charge on any atom is -0.496 e. The topological polar surface area (TPSA) is 44.8 Å². The molecule has 1 aliphatic rings. The molecule has 1 atom stereocenters. The second kappa shape index (κ2) is 6.83. The van der Waals surface area contributed by atoms with Gasteiger partial charge in [-0.3, -0.25) is 4.79 Å². The molecule has 5 heteroatoms. The first kappa shape index (κ1) is 15.0. The third-order valence-corrected chi connectivity index (χ3v) is 3.65. The fourth-order valence-corrected chi connectivity index (χ4v) is 2.35. The van der Waals surface area contributed by atoms with E-state index in [2.05, 4.69) is 22.4 Å². The number of para-hydroxylation sites is 1. The normalized spacial score (nSPS) is 18.8. The molecule has 0 bridgehead atoms. The Morgan fingerprint density at radius 2 is 1.90 bits per heavy atom. The van der Waals surface area contributed by atoms with Crippen molar-refractivity contribution in [2.45, 2.75) is 13.0 Å². The lowest BCUT2D eigenvalue weighted by atomic mass is 10.0. The summed E-state index contributed by atoms with van der Waals surface area (Å²) < 4.78 is 5.25. The number of Topliss-reactive ketones (excluding diaryl/α,β-unsaturated/α-hetero) is 1. The van der Waals surface area contributed by atoms with Gasteiger partial charge in [0.15, 0.2) is 5.78 Å². The highest BCUT2D eigenvalue weighted by molar-refractivity contribution is 6.02. The number of hydrazine groups is 1. The number of benzene rings is 1. The molecule has 1 aromatic carbocycles. The molecule has 0 saturated carbocycles. The molecule has 1 unspecified atom stereocenters. The number of hydrogen-bond donors (Lipinski definition) is 1. The van der Waals surface area contributed by atoms with Gasteiger partial charge in [-0.15, -0.1) is 0 Å². The number of methoxy groups -OCH3 is 1. The van der Waals surface area contributed by atoms with Crippen LogP contribution in [0.25, 0.3) is 0 Å². The number of carbonyl (C=O) groups excluding carboxylic acids is 1. The van der Waals surface area contributed by atoms with E-state index in [1.807, 2.05) is 31.2 Å². The summed E-state index contributed by atoms with van der Waals surface area (Å²) in [5, 5.41) is 2.12. The van der Waals surface area contributed by atoms with Gasteiger partial charge in [-0.25, -0.2) is 10.4 Å². The molecule has 1 heterocycles. The first-order valence-corrected chi connectivity index (χ1v) is 6.98. The maximum atomic E-state index is 12.5. The Bertz CT molecular complexity index is 456. The smallest absolute Gasteiger partial charge is 0.184 e. The van der Waals surface area contributed by atoms with Crippen LogP contribution in [0.15, 0.2) is 24.3 Å². The highest BCUT2D eigenvalue weighted by atomic mass is 16.5. The number of piperazine rings is 1. The second-order valence-electron chi connectivity index (χ2n) is 5.21. The van der Waals surface area contributed by atoms with Crippen LogP contribution in [-0.4, -0.2) is 62.1 Å². The lowest BCUT2D eigenvalue weighted by molar-refractivity contribution is 0.0716. The zero-order valence-electron chi connectivity index (χ0n) is 12.4. The van der Waals surface area contributed by atoms with Crippen molar-refractivity contribution in [1.82, 2.24) is 15.3 Å². The molecule has 1 fully saturated rings. The highest BCUT2D eigenvalue weighted by Crippen LogP contribution is 2.19. The number of nitrogens with one attached hydrogen (secondary N) is 1. The third kappa shape index (κ3) is 3.56. The molecule has 0 aromatic heterocycles. The van der Waals surface area contributed by atoms with Crippen molar-refractivity contribution in [3.8, 4) is 5.75 Å². The Kier molecular flexibility index (Phi) is 5.11. The molecule has 5 nitrogen and oxygen atoms in total. The number of carbonyl (C=O) groups is 1. The Morgan fingerprint density at radius 1 is 1.25 bits per heavy atom. The molecular formula is C15H23N3O2. The largest absolute Gasteiger partial charge is 0.496 e. The molecule has 110 valence electrons. The summed E-state index contributed by atoms with van der Waals surface area (Å²) in [6, 6.07) is 7.10. The fourth-order valence-electron chi connectivity index (χ4n) is 2.35. The van der Waals surface area contributed by atoms with E-state index >= 15 is 0 Å². The molecule has 0 radical (unpaired) electrons. The summed E-state index contributed by atoms with van der Waals surface area (Å²) in [4.78, 5) is 14.8. The average molecular weight is 277 g/mol. The average Bonchev–Trinajstić information content (AvgIpc) is 2.48. The summed E-state index contributed by atoms with van der Waals surface area (Å²) in [7, 11) is 3.70. The standard InChI is InChI=1S/C15H23N3O2/c1-12(16-18-10-8-17(2)9-11-18)15(19)13-6-4-5-7-14(13)20-3/h4-7,12,16H,8-11H2,1-3H3. The zero-order chi connectivity index (χ0) is 14.5. The summed E-state index contributed by atoms with van der Waals surface area (Å²) in [5.41, 5.74) is 3.92. The Morgan fingerprint density at radius 3 is 2.55 bits per heavy atom. The van der Waals surface area contributed by atoms with Gasteiger partial charge in [-0.05, 0) is 26.1 Å². The number of nitrogens with zero attached hydrogens (tertiary/aromatic N) is 2. The molecule has 1 saturated heterocycles. The number of ether oxygens (including phenoxy) is 1. The first-order valence-electron chi connectivity index (χ1n) is 6.98. The molecule has 0 spiro atoms. The monoisotopic (exact) mass is 277 g/mol. The van der Waals surface area contributed by atoms with Crippen LogP contribution in [0.1, 0.15) is 17.3 Å². The quantitative estimate of drug-likeness (QED) is 0.814. The maximum absolute atomic E-state index is 12.5. The van der Waals surface area contributed by atoms with Crippen LogP contribution in [0, 0.1) is 0 Å². The van der Waals surface area contributed by atoms with Crippen LogP contribution in [0.3, 0.4) is 0 Å². The van der Waals surface area contributed by atoms with Crippen molar-refractivity contribution in [3.05, 3.63) is 29.8 Å². The van der Waals surface area contributed by atoms with E-state index in [4.69, 9.17) is 4.74 Å². The van der Waals surface area contributed by atoms with Crippen molar-refractivity contribution in [2.75, 3.05) is 40.3 Å². The van der Waals surface area contributed by atoms with Crippen LogP contribution in [0.4, 0.5) is 0 Å². The van der Waals surface area contributed by atoms with Gasteiger partial charge in [0, 0.05) is 26.2 Å². The van der Waals surface area contributed by atoms with Crippen LogP contribution >= 0.6 is 0 Å². The lowest BCUT2D eigenvalue weighted by Gasteiger charge is -2.34. The molecule has 20 heavy (non-hydrogen) atoms. The van der Waals surface area contributed by atoms with Crippen LogP contribution in [-0.2, 0) is 0 Å². The lowest BCUT2D eigenvalue weighted by Crippen LogP contribution is -2.54. The number of ketones is 1. The van der Waals surface area contributed by atoms with Crippen molar-refractivity contribution >= 4 is 5.78 Å². The predicted octanol–water partition coefficient (Wildman–Crippen LogP) is 1.02. The predicted molar refractivity (Wildman–Crippen MR) is 79.0 cm³/mol. The molecule has 0 amide bonds. The maximum Gasteiger partial charge on any atom is 0.184 e. The number of rotatable bonds is 5. The van der Waals surface area contributed by atoms with Gasteiger partial charge in [-0.2, -0.15) is 0 Å².